The summed E-state index contributed by atoms with van der Waals surface area (Å²) >= 11 is 1.82. The highest BCUT2D eigenvalue weighted by atomic mass is 27.1. The van der Waals surface area contributed by atoms with E-state index in [9.17, 15) is 14.4 Å². The average molecular weight is 458 g/mol. The second-order valence-electron chi connectivity index (χ2n) is 8.13. The van der Waals surface area contributed by atoms with E-state index >= 15 is 0 Å². The zero-order chi connectivity index (χ0) is 22.5. The van der Waals surface area contributed by atoms with Crippen molar-refractivity contribution in [1.82, 2.24) is 0 Å². The smallest absolute Gasteiger partial charge is 0.484 e. The van der Waals surface area contributed by atoms with Crippen molar-refractivity contribution < 1.29 is 28.4 Å². The number of hydrogen-bond acceptors (Lipinski definition) is 6. The molecule has 0 aromatic heterocycles. The topological polar surface area (TPSA) is 127 Å². The third-order valence-corrected chi connectivity index (χ3v) is 5.52. The highest BCUT2D eigenvalue weighted by Gasteiger charge is 2.16. The summed E-state index contributed by atoms with van der Waals surface area (Å²) in [5.41, 5.74) is 5.52. The molecule has 1 atom stereocenters. The SMILES string of the molecule is CCCCCCCCCCCCCCCCCC(=O)OC(=O)CC[C@@H](N)C(=O)[O][Al].O. The van der Waals surface area contributed by atoms with E-state index in [0.29, 0.717) is 0 Å². The van der Waals surface area contributed by atoms with Crippen LogP contribution in [0.25, 0.3) is 0 Å². The Morgan fingerprint density at radius 3 is 1.52 bits per heavy atom. The van der Waals surface area contributed by atoms with Crippen LogP contribution in [0.1, 0.15) is 122 Å². The second kappa shape index (κ2) is 23.7. The zero-order valence-corrected chi connectivity index (χ0v) is 20.7. The van der Waals surface area contributed by atoms with Crippen molar-refractivity contribution in [2.75, 3.05) is 0 Å². The van der Waals surface area contributed by atoms with Crippen LogP contribution in [0.2, 0.25) is 0 Å². The van der Waals surface area contributed by atoms with Crippen molar-refractivity contribution in [3.8, 4) is 0 Å². The van der Waals surface area contributed by atoms with Gasteiger partial charge in [-0.25, -0.2) is 0 Å². The van der Waals surface area contributed by atoms with Crippen LogP contribution in [-0.2, 0) is 22.9 Å². The van der Waals surface area contributed by atoms with Gasteiger partial charge in [-0.05, 0) is 12.8 Å². The van der Waals surface area contributed by atoms with Crippen LogP contribution in [0.15, 0.2) is 0 Å². The van der Waals surface area contributed by atoms with Crippen LogP contribution < -0.4 is 5.73 Å². The summed E-state index contributed by atoms with van der Waals surface area (Å²) in [4.78, 5) is 34.4. The molecule has 0 aliphatic rings. The number of hydrogen-bond donors (Lipinski definition) is 1. The molecule has 0 aromatic rings. The summed E-state index contributed by atoms with van der Waals surface area (Å²) < 4.78 is 9.14. The van der Waals surface area contributed by atoms with Crippen molar-refractivity contribution in [2.45, 2.75) is 129 Å². The van der Waals surface area contributed by atoms with Crippen molar-refractivity contribution >= 4 is 34.5 Å². The molecule has 0 aliphatic heterocycles. The molecule has 0 aromatic carbocycles. The van der Waals surface area contributed by atoms with Crippen LogP contribution >= 0.6 is 0 Å². The summed E-state index contributed by atoms with van der Waals surface area (Å²) in [5.74, 6) is -1.76. The van der Waals surface area contributed by atoms with Gasteiger partial charge in [0.1, 0.15) is 6.04 Å². The molecule has 31 heavy (non-hydrogen) atoms. The molecule has 0 amide bonds. The van der Waals surface area contributed by atoms with Gasteiger partial charge in [0.2, 0.25) is 0 Å². The van der Waals surface area contributed by atoms with Gasteiger partial charge in [-0.1, -0.05) is 96.8 Å². The van der Waals surface area contributed by atoms with Gasteiger partial charge in [-0.2, -0.15) is 0 Å². The molecular formula is C23H44AlNO6. The minimum Gasteiger partial charge on any atom is -0.627 e. The third-order valence-electron chi connectivity index (χ3n) is 5.29. The van der Waals surface area contributed by atoms with E-state index in [1.54, 1.807) is 0 Å². The highest BCUT2D eigenvalue weighted by Crippen LogP contribution is 2.14. The summed E-state index contributed by atoms with van der Waals surface area (Å²) in [6.07, 6.45) is 19.2. The van der Waals surface area contributed by atoms with Crippen molar-refractivity contribution in [1.29, 1.82) is 0 Å². The Morgan fingerprint density at radius 1 is 0.710 bits per heavy atom. The fourth-order valence-electron chi connectivity index (χ4n) is 3.35. The third kappa shape index (κ3) is 22.1. The minimum atomic E-state index is -0.888. The van der Waals surface area contributed by atoms with Crippen molar-refractivity contribution in [3.05, 3.63) is 0 Å². The number of nitrogens with two attached hydrogens (primary N) is 1. The average Bonchev–Trinajstić information content (AvgIpc) is 2.74. The molecule has 0 saturated heterocycles. The number of carbonyl (C=O) groups excluding carboxylic acids is 3. The lowest BCUT2D eigenvalue weighted by Crippen LogP contribution is -2.32. The van der Waals surface area contributed by atoms with E-state index in [2.05, 4.69) is 10.7 Å². The Hall–Kier alpha value is -0.938. The predicted molar refractivity (Wildman–Crippen MR) is 123 cm³/mol. The molecule has 0 aliphatic carbocycles. The van der Waals surface area contributed by atoms with Crippen molar-refractivity contribution in [2.24, 2.45) is 5.73 Å². The fourth-order valence-corrected chi connectivity index (χ4v) is 3.52. The van der Waals surface area contributed by atoms with Gasteiger partial charge in [0.15, 0.2) is 0 Å². The molecule has 2 radical (unpaired) electrons. The first-order chi connectivity index (χ1) is 14.5. The molecule has 0 fully saturated rings. The van der Waals surface area contributed by atoms with E-state index in [1.807, 2.05) is 16.6 Å². The normalized spacial score (nSPS) is 11.4. The molecular weight excluding hydrogens is 413 g/mol. The summed E-state index contributed by atoms with van der Waals surface area (Å²) in [6.45, 7) is 2.26. The maximum Gasteiger partial charge on any atom is 0.484 e. The van der Waals surface area contributed by atoms with Gasteiger partial charge < -0.3 is 19.7 Å². The molecule has 4 N–H and O–H groups in total. The molecule has 0 bridgehead atoms. The lowest BCUT2D eigenvalue weighted by atomic mass is 10.0. The first-order valence-corrected chi connectivity index (χ1v) is 12.4. The Kier molecular flexibility index (Phi) is 24.7. The largest absolute Gasteiger partial charge is 0.627 e. The molecule has 7 nitrogen and oxygen atoms in total. The van der Waals surface area contributed by atoms with Gasteiger partial charge in [-0.15, -0.1) is 0 Å². The van der Waals surface area contributed by atoms with Crippen LogP contribution in [0, 0.1) is 0 Å². The predicted octanol–water partition coefficient (Wildman–Crippen LogP) is 4.23. The standard InChI is InChI=1S/C23H43NO5.Al.H2O/c1-2-3-4-5-6-7-8-9-10-11-12-13-14-15-16-17-21(25)29-22(26)19-18-20(24)23(27)28;;/h20H,2-19,24H2,1H3,(H,27,28);;1H2/q;+1;/p-1/t20-;;/m1../s1. The monoisotopic (exact) mass is 457 g/mol. The summed E-state index contributed by atoms with van der Waals surface area (Å²) in [6, 6.07) is -0.888. The van der Waals surface area contributed by atoms with Gasteiger partial charge in [-0.3, -0.25) is 14.4 Å². The van der Waals surface area contributed by atoms with Gasteiger partial charge in [0, 0.05) is 12.8 Å². The first-order valence-electron chi connectivity index (χ1n) is 11.9. The van der Waals surface area contributed by atoms with Crippen LogP contribution in [0.5, 0.6) is 0 Å². The zero-order valence-electron chi connectivity index (χ0n) is 19.5. The molecule has 180 valence electrons. The fraction of sp³-hybridized carbons (Fsp3) is 0.870. The quantitative estimate of drug-likeness (QED) is 0.126. The Morgan fingerprint density at radius 2 is 1.10 bits per heavy atom. The number of esters is 2. The van der Waals surface area contributed by atoms with Crippen LogP contribution in [0.3, 0.4) is 0 Å². The first kappa shape index (κ1) is 32.2. The van der Waals surface area contributed by atoms with Crippen molar-refractivity contribution in [3.63, 3.8) is 0 Å². The summed E-state index contributed by atoms with van der Waals surface area (Å²) in [5, 5.41) is 0. The Bertz CT molecular complexity index is 461. The molecule has 0 spiro atoms. The van der Waals surface area contributed by atoms with E-state index in [-0.39, 0.29) is 24.7 Å². The molecule has 8 heteroatoms. The van der Waals surface area contributed by atoms with Crippen LogP contribution in [0.4, 0.5) is 0 Å². The van der Waals surface area contributed by atoms with E-state index in [1.165, 1.54) is 77.0 Å². The lowest BCUT2D eigenvalue weighted by molar-refractivity contribution is -0.159. The number of ether oxygens (including phenoxy) is 1. The van der Waals surface area contributed by atoms with Crippen LogP contribution in [-0.4, -0.2) is 46.0 Å². The van der Waals surface area contributed by atoms with Gasteiger partial charge in [0.05, 0.1) is 0 Å². The van der Waals surface area contributed by atoms with E-state index in [4.69, 9.17) is 10.5 Å². The minimum absolute atomic E-state index is 0. The lowest BCUT2D eigenvalue weighted by Gasteiger charge is -2.09. The number of rotatable bonds is 20. The molecule has 0 saturated carbocycles. The summed E-state index contributed by atoms with van der Waals surface area (Å²) in [7, 11) is 0. The molecule has 0 heterocycles. The van der Waals surface area contributed by atoms with Gasteiger partial charge >= 0.3 is 28.6 Å². The van der Waals surface area contributed by atoms with E-state index in [0.717, 1.165) is 19.3 Å². The number of carbonyl (C=O) groups is 3. The second-order valence-corrected chi connectivity index (χ2v) is 8.36. The van der Waals surface area contributed by atoms with Gasteiger partial charge in [0.25, 0.3) is 5.97 Å². The maximum absolute atomic E-state index is 11.7. The molecule has 0 rings (SSSR count). The Labute approximate surface area is 197 Å². The maximum atomic E-state index is 11.7. The number of unbranched alkanes of at least 4 members (excludes halogenated alkanes) is 14. The molecule has 0 unspecified atom stereocenters. The highest BCUT2D eigenvalue weighted by molar-refractivity contribution is 6.06. The Balaban J connectivity index is 0. The van der Waals surface area contributed by atoms with E-state index < -0.39 is 23.9 Å².